The van der Waals surface area contributed by atoms with E-state index >= 15 is 0 Å². The van der Waals surface area contributed by atoms with Crippen LogP contribution in [0.1, 0.15) is 41.3 Å². The van der Waals surface area contributed by atoms with E-state index in [0.29, 0.717) is 28.6 Å². The highest BCUT2D eigenvalue weighted by molar-refractivity contribution is 7.80. The van der Waals surface area contributed by atoms with Gasteiger partial charge >= 0.3 is 0 Å². The first-order valence-electron chi connectivity index (χ1n) is 9.95. The molecular formula is C24H22N4O2S. The van der Waals surface area contributed by atoms with Crippen LogP contribution in [0.5, 0.6) is 0 Å². The fourth-order valence-corrected chi connectivity index (χ4v) is 3.38. The Bertz CT molecular complexity index is 1230. The number of fused-ring (bicyclic) bond motifs is 1. The largest absolute Gasteiger partial charge is 0.434 e. The lowest BCUT2D eigenvalue weighted by atomic mass is 10.0. The van der Waals surface area contributed by atoms with E-state index in [1.54, 1.807) is 6.20 Å². The van der Waals surface area contributed by atoms with Crippen molar-refractivity contribution in [2.75, 3.05) is 5.32 Å². The Morgan fingerprint density at radius 2 is 1.87 bits per heavy atom. The maximum atomic E-state index is 12.5. The normalized spacial score (nSPS) is 11.0. The average Bonchev–Trinajstić information content (AvgIpc) is 3.19. The second kappa shape index (κ2) is 8.65. The number of aryl methyl sites for hydroxylation is 1. The summed E-state index contributed by atoms with van der Waals surface area (Å²) in [6.45, 7) is 6.17. The van der Waals surface area contributed by atoms with Crippen molar-refractivity contribution in [2.45, 2.75) is 26.7 Å². The smallest absolute Gasteiger partial charge is 0.257 e. The van der Waals surface area contributed by atoms with Crippen molar-refractivity contribution in [3.8, 4) is 11.5 Å². The quantitative estimate of drug-likeness (QED) is 0.419. The molecule has 0 spiro atoms. The molecule has 0 unspecified atom stereocenters. The zero-order valence-electron chi connectivity index (χ0n) is 17.5. The second-order valence-corrected chi connectivity index (χ2v) is 7.97. The standard InChI is InChI=1S/C24H22N4O2S/c1-14(2)16-6-8-17(9-7-16)22(29)28-24(31)26-19-11-10-18(13-15(19)3)23-27-21-20(30-23)5-4-12-25-21/h4-14H,1-3H3,(H2,26,28,29,31). The third-order valence-electron chi connectivity index (χ3n) is 4.95. The third-order valence-corrected chi connectivity index (χ3v) is 5.16. The van der Waals surface area contributed by atoms with Crippen LogP contribution in [0.4, 0.5) is 5.69 Å². The summed E-state index contributed by atoms with van der Waals surface area (Å²) in [5.41, 5.74) is 5.52. The van der Waals surface area contributed by atoms with Crippen molar-refractivity contribution < 1.29 is 9.21 Å². The summed E-state index contributed by atoms with van der Waals surface area (Å²) in [6, 6.07) is 16.9. The monoisotopic (exact) mass is 430 g/mol. The predicted molar refractivity (Wildman–Crippen MR) is 126 cm³/mol. The molecule has 2 aromatic carbocycles. The van der Waals surface area contributed by atoms with Gasteiger partial charge in [0.1, 0.15) is 0 Å². The summed E-state index contributed by atoms with van der Waals surface area (Å²) >= 11 is 5.33. The lowest BCUT2D eigenvalue weighted by Crippen LogP contribution is -2.34. The van der Waals surface area contributed by atoms with E-state index in [1.807, 2.05) is 61.5 Å². The average molecular weight is 431 g/mol. The van der Waals surface area contributed by atoms with Gasteiger partial charge in [-0.25, -0.2) is 4.98 Å². The number of aromatic nitrogens is 2. The Balaban J connectivity index is 1.44. The highest BCUT2D eigenvalue weighted by Crippen LogP contribution is 2.26. The van der Waals surface area contributed by atoms with Gasteiger partial charge in [-0.2, -0.15) is 4.98 Å². The van der Waals surface area contributed by atoms with Crippen LogP contribution >= 0.6 is 12.2 Å². The lowest BCUT2D eigenvalue weighted by molar-refractivity contribution is 0.0977. The molecule has 0 fully saturated rings. The van der Waals surface area contributed by atoms with Gasteiger partial charge in [-0.05, 0) is 78.7 Å². The molecule has 4 rings (SSSR count). The Kier molecular flexibility index (Phi) is 5.77. The number of oxazole rings is 1. The number of hydrogen-bond donors (Lipinski definition) is 2. The Hall–Kier alpha value is -3.58. The fourth-order valence-electron chi connectivity index (χ4n) is 3.18. The van der Waals surface area contributed by atoms with Crippen LogP contribution in [0.2, 0.25) is 0 Å². The third kappa shape index (κ3) is 4.62. The van der Waals surface area contributed by atoms with Crippen LogP contribution in [-0.2, 0) is 0 Å². The summed E-state index contributed by atoms with van der Waals surface area (Å²) in [7, 11) is 0. The van der Waals surface area contributed by atoms with Gasteiger partial charge in [0, 0.05) is 23.0 Å². The van der Waals surface area contributed by atoms with Gasteiger partial charge in [0.2, 0.25) is 5.89 Å². The number of carbonyl (C=O) groups excluding carboxylic acids is 1. The SMILES string of the molecule is Cc1cc(-c2nc3ncccc3o2)ccc1NC(=S)NC(=O)c1ccc(C(C)C)cc1. The van der Waals surface area contributed by atoms with Crippen molar-refractivity contribution in [1.29, 1.82) is 0 Å². The number of benzene rings is 2. The van der Waals surface area contributed by atoms with Crippen molar-refractivity contribution >= 4 is 40.2 Å². The number of carbonyl (C=O) groups is 1. The molecule has 0 aliphatic rings. The Labute approximate surface area is 185 Å². The summed E-state index contributed by atoms with van der Waals surface area (Å²) < 4.78 is 5.78. The molecule has 0 atom stereocenters. The zero-order chi connectivity index (χ0) is 22.0. The van der Waals surface area contributed by atoms with Gasteiger partial charge in [0.15, 0.2) is 16.3 Å². The molecule has 0 aliphatic carbocycles. The number of anilines is 1. The van der Waals surface area contributed by atoms with E-state index in [-0.39, 0.29) is 11.0 Å². The number of amides is 1. The molecule has 2 N–H and O–H groups in total. The van der Waals surface area contributed by atoms with Crippen LogP contribution < -0.4 is 10.6 Å². The van der Waals surface area contributed by atoms with Crippen LogP contribution in [0.25, 0.3) is 22.7 Å². The molecule has 0 saturated carbocycles. The first-order chi connectivity index (χ1) is 14.9. The highest BCUT2D eigenvalue weighted by Gasteiger charge is 2.12. The number of nitrogens with zero attached hydrogens (tertiary/aromatic N) is 2. The summed E-state index contributed by atoms with van der Waals surface area (Å²) in [5, 5.41) is 6.04. The first kappa shape index (κ1) is 20.7. The van der Waals surface area contributed by atoms with Gasteiger partial charge in [-0.1, -0.05) is 26.0 Å². The van der Waals surface area contributed by atoms with Gasteiger partial charge in [-0.3, -0.25) is 10.1 Å². The molecule has 0 bridgehead atoms. The molecule has 31 heavy (non-hydrogen) atoms. The van der Waals surface area contributed by atoms with Crippen LogP contribution in [0, 0.1) is 6.92 Å². The molecule has 0 saturated heterocycles. The van der Waals surface area contributed by atoms with Gasteiger partial charge in [0.05, 0.1) is 0 Å². The van der Waals surface area contributed by atoms with E-state index < -0.39 is 0 Å². The lowest BCUT2D eigenvalue weighted by Gasteiger charge is -2.13. The summed E-state index contributed by atoms with van der Waals surface area (Å²) in [6.07, 6.45) is 1.68. The predicted octanol–water partition coefficient (Wildman–Crippen LogP) is 5.45. The van der Waals surface area contributed by atoms with E-state index in [2.05, 4.69) is 34.4 Å². The Morgan fingerprint density at radius 1 is 1.10 bits per heavy atom. The highest BCUT2D eigenvalue weighted by atomic mass is 32.1. The molecule has 156 valence electrons. The molecule has 4 aromatic rings. The van der Waals surface area contributed by atoms with Crippen LogP contribution in [0.15, 0.2) is 65.2 Å². The maximum absolute atomic E-state index is 12.5. The minimum absolute atomic E-state index is 0.236. The molecular weight excluding hydrogens is 408 g/mol. The zero-order valence-corrected chi connectivity index (χ0v) is 18.3. The summed E-state index contributed by atoms with van der Waals surface area (Å²) in [5.74, 6) is 0.668. The van der Waals surface area contributed by atoms with Crippen LogP contribution in [0.3, 0.4) is 0 Å². The van der Waals surface area contributed by atoms with E-state index in [1.165, 1.54) is 5.56 Å². The minimum Gasteiger partial charge on any atom is -0.434 e. The van der Waals surface area contributed by atoms with Crippen molar-refractivity contribution in [1.82, 2.24) is 15.3 Å². The Morgan fingerprint density at radius 3 is 2.55 bits per heavy atom. The molecule has 6 nitrogen and oxygen atoms in total. The van der Waals surface area contributed by atoms with Gasteiger partial charge in [0.25, 0.3) is 5.91 Å². The van der Waals surface area contributed by atoms with Crippen molar-refractivity contribution in [3.05, 3.63) is 77.5 Å². The number of rotatable bonds is 4. The first-order valence-corrected chi connectivity index (χ1v) is 10.4. The van der Waals surface area contributed by atoms with Crippen molar-refractivity contribution in [2.24, 2.45) is 0 Å². The van der Waals surface area contributed by atoms with Gasteiger partial charge < -0.3 is 9.73 Å². The number of thiocarbonyl (C=S) groups is 1. The number of pyridine rings is 1. The molecule has 1 amide bonds. The van der Waals surface area contributed by atoms with Gasteiger partial charge in [-0.15, -0.1) is 0 Å². The van der Waals surface area contributed by atoms with Crippen molar-refractivity contribution in [3.63, 3.8) is 0 Å². The molecule has 0 radical (unpaired) electrons. The van der Waals surface area contributed by atoms with Crippen LogP contribution in [-0.4, -0.2) is 21.0 Å². The topological polar surface area (TPSA) is 80.1 Å². The molecule has 0 aliphatic heterocycles. The molecule has 2 heterocycles. The summed E-state index contributed by atoms with van der Waals surface area (Å²) in [4.78, 5) is 21.1. The minimum atomic E-state index is -0.249. The maximum Gasteiger partial charge on any atom is 0.257 e. The van der Waals surface area contributed by atoms with E-state index in [4.69, 9.17) is 16.6 Å². The number of hydrogen-bond acceptors (Lipinski definition) is 5. The van der Waals surface area contributed by atoms with E-state index in [0.717, 1.165) is 16.8 Å². The second-order valence-electron chi connectivity index (χ2n) is 7.56. The fraction of sp³-hybridized carbons (Fsp3) is 0.167. The number of nitrogens with one attached hydrogen (secondary N) is 2. The molecule has 2 aromatic heterocycles. The molecule has 7 heteroatoms. The van der Waals surface area contributed by atoms with E-state index in [9.17, 15) is 4.79 Å².